The lowest BCUT2D eigenvalue weighted by Crippen LogP contribution is -2.57. The molecule has 0 aromatic heterocycles. The predicted molar refractivity (Wildman–Crippen MR) is 124 cm³/mol. The van der Waals surface area contributed by atoms with Crippen molar-refractivity contribution in [2.24, 2.45) is 0 Å². The van der Waals surface area contributed by atoms with Gasteiger partial charge in [0.25, 0.3) is 8.32 Å². The van der Waals surface area contributed by atoms with Crippen LogP contribution in [0, 0.1) is 0 Å². The number of benzene rings is 4. The minimum Gasteiger partial charge on any atom is -0.542 e. The summed E-state index contributed by atoms with van der Waals surface area (Å²) in [5.74, 6) is 0.927. The molecule has 144 valence electrons. The van der Waals surface area contributed by atoms with Crippen molar-refractivity contribution in [3.05, 3.63) is 138 Å². The zero-order valence-corrected chi connectivity index (χ0v) is 18.0. The van der Waals surface area contributed by atoms with Gasteiger partial charge in [0.1, 0.15) is 5.75 Å². The first-order valence-corrected chi connectivity index (χ1v) is 13.0. The fourth-order valence-corrected chi connectivity index (χ4v) is 7.93. The molecule has 0 amide bonds. The second kappa shape index (κ2) is 8.10. The number of rotatable bonds is 6. The molecule has 0 saturated heterocycles. The van der Waals surface area contributed by atoms with E-state index in [2.05, 4.69) is 116 Å². The van der Waals surface area contributed by atoms with Crippen LogP contribution in [0.1, 0.15) is 16.7 Å². The van der Waals surface area contributed by atoms with Crippen LogP contribution >= 0.6 is 0 Å². The minimum absolute atomic E-state index is 0.355. The number of hydrogen-bond acceptors (Lipinski definition) is 1. The molecular formula is C27H26OSi. The van der Waals surface area contributed by atoms with Gasteiger partial charge in [0.2, 0.25) is 0 Å². The van der Waals surface area contributed by atoms with Crippen molar-refractivity contribution in [3.8, 4) is 5.75 Å². The number of hydrogen-bond donors (Lipinski definition) is 0. The molecule has 0 N–H and O–H groups in total. The second-order valence-corrected chi connectivity index (χ2v) is 11.7. The topological polar surface area (TPSA) is 9.23 Å². The highest BCUT2D eigenvalue weighted by Gasteiger charge is 2.53. The maximum atomic E-state index is 6.87. The van der Waals surface area contributed by atoms with Crippen molar-refractivity contribution < 1.29 is 4.43 Å². The predicted octanol–water partition coefficient (Wildman–Crippen LogP) is 6.84. The molecule has 0 aliphatic rings. The third-order valence-corrected chi connectivity index (χ3v) is 9.06. The quantitative estimate of drug-likeness (QED) is 0.257. The zero-order valence-electron chi connectivity index (χ0n) is 17.0. The van der Waals surface area contributed by atoms with E-state index in [1.165, 1.54) is 16.7 Å². The van der Waals surface area contributed by atoms with Crippen LogP contribution in [-0.4, -0.2) is 8.32 Å². The van der Waals surface area contributed by atoms with Crippen molar-refractivity contribution in [2.45, 2.75) is 18.1 Å². The Morgan fingerprint density at radius 1 is 0.483 bits per heavy atom. The Hall–Kier alpha value is -3.10. The van der Waals surface area contributed by atoms with Crippen molar-refractivity contribution in [1.29, 1.82) is 0 Å². The van der Waals surface area contributed by atoms with Crippen molar-refractivity contribution in [2.75, 3.05) is 0 Å². The lowest BCUT2D eigenvalue weighted by Gasteiger charge is -2.46. The first-order chi connectivity index (χ1) is 14.1. The Balaban J connectivity index is 2.02. The molecule has 4 aromatic carbocycles. The normalized spacial score (nSPS) is 11.8. The van der Waals surface area contributed by atoms with Gasteiger partial charge in [0.05, 0.1) is 5.04 Å². The van der Waals surface area contributed by atoms with Gasteiger partial charge in [-0.15, -0.1) is 0 Å². The maximum absolute atomic E-state index is 6.87. The van der Waals surface area contributed by atoms with E-state index in [0.717, 1.165) is 5.75 Å². The summed E-state index contributed by atoms with van der Waals surface area (Å²) in [6.07, 6.45) is 0. The molecule has 1 nitrogen and oxygen atoms in total. The Bertz CT molecular complexity index is 932. The average Bonchev–Trinajstić information content (AvgIpc) is 2.77. The fourth-order valence-electron chi connectivity index (χ4n) is 4.47. The van der Waals surface area contributed by atoms with Gasteiger partial charge in [-0.05, 0) is 41.9 Å². The molecule has 0 spiro atoms. The van der Waals surface area contributed by atoms with Crippen molar-refractivity contribution in [1.82, 2.24) is 0 Å². The fraction of sp³-hybridized carbons (Fsp3) is 0.111. The summed E-state index contributed by atoms with van der Waals surface area (Å²) in [5, 5.41) is -0.355. The molecule has 0 aliphatic carbocycles. The molecule has 4 rings (SSSR count). The van der Waals surface area contributed by atoms with Gasteiger partial charge < -0.3 is 4.43 Å². The van der Waals surface area contributed by atoms with Gasteiger partial charge in [-0.25, -0.2) is 0 Å². The van der Waals surface area contributed by atoms with E-state index in [1.54, 1.807) is 0 Å². The minimum atomic E-state index is -2.45. The molecule has 0 bridgehead atoms. The highest BCUT2D eigenvalue weighted by atomic mass is 28.4. The van der Waals surface area contributed by atoms with Gasteiger partial charge in [-0.3, -0.25) is 0 Å². The van der Waals surface area contributed by atoms with E-state index < -0.39 is 8.32 Å². The zero-order chi connectivity index (χ0) is 20.2. The van der Waals surface area contributed by atoms with E-state index in [-0.39, 0.29) is 5.04 Å². The summed E-state index contributed by atoms with van der Waals surface area (Å²) < 4.78 is 6.87. The average molecular weight is 395 g/mol. The maximum Gasteiger partial charge on any atom is 0.264 e. The van der Waals surface area contributed by atoms with E-state index in [1.807, 2.05) is 18.2 Å². The van der Waals surface area contributed by atoms with Crippen LogP contribution in [0.15, 0.2) is 121 Å². The standard InChI is InChI=1S/C27H26OSi/c1-29(2,28-26-21-13-6-14-22-26)27(23-15-7-3-8-16-23,24-17-9-4-10-18-24)25-19-11-5-12-20-25/h3-22H,1-2H3. The molecule has 2 heteroatoms. The largest absolute Gasteiger partial charge is 0.542 e. The van der Waals surface area contributed by atoms with Gasteiger partial charge >= 0.3 is 0 Å². The molecule has 0 fully saturated rings. The van der Waals surface area contributed by atoms with Crippen LogP contribution in [0.2, 0.25) is 13.1 Å². The Kier molecular flexibility index (Phi) is 5.37. The summed E-state index contributed by atoms with van der Waals surface area (Å²) in [5.41, 5.74) is 3.81. The van der Waals surface area contributed by atoms with Crippen LogP contribution in [0.5, 0.6) is 5.75 Å². The first-order valence-electron chi connectivity index (χ1n) is 10.1. The van der Waals surface area contributed by atoms with E-state index in [0.29, 0.717) is 0 Å². The van der Waals surface area contributed by atoms with Gasteiger partial charge in [0.15, 0.2) is 0 Å². The summed E-state index contributed by atoms with van der Waals surface area (Å²) in [7, 11) is -2.45. The van der Waals surface area contributed by atoms with Crippen molar-refractivity contribution >= 4 is 8.32 Å². The molecular weight excluding hydrogens is 368 g/mol. The SMILES string of the molecule is C[Si](C)(Oc1ccccc1)C(c1ccccc1)(c1ccccc1)c1ccccc1. The smallest absolute Gasteiger partial charge is 0.264 e. The molecule has 0 aliphatic heterocycles. The molecule has 0 heterocycles. The number of para-hydroxylation sites is 1. The lowest BCUT2D eigenvalue weighted by molar-refractivity contribution is 0.512. The van der Waals surface area contributed by atoms with E-state index >= 15 is 0 Å². The molecule has 0 unspecified atom stereocenters. The highest BCUT2D eigenvalue weighted by molar-refractivity contribution is 6.76. The van der Waals surface area contributed by atoms with Gasteiger partial charge in [-0.2, -0.15) is 0 Å². The van der Waals surface area contributed by atoms with Crippen molar-refractivity contribution in [3.63, 3.8) is 0 Å². The molecule has 29 heavy (non-hydrogen) atoms. The molecule has 4 aromatic rings. The van der Waals surface area contributed by atoms with Gasteiger partial charge in [-0.1, -0.05) is 109 Å². The van der Waals surface area contributed by atoms with Crippen LogP contribution in [0.4, 0.5) is 0 Å². The third kappa shape index (κ3) is 3.52. The Labute approximate surface area is 174 Å². The third-order valence-electron chi connectivity index (χ3n) is 5.64. The van der Waals surface area contributed by atoms with Crippen LogP contribution in [-0.2, 0) is 5.04 Å². The molecule has 0 radical (unpaired) electrons. The van der Waals surface area contributed by atoms with Crippen LogP contribution < -0.4 is 4.43 Å². The monoisotopic (exact) mass is 394 g/mol. The first kappa shape index (κ1) is 19.2. The Morgan fingerprint density at radius 3 is 1.14 bits per heavy atom. The van der Waals surface area contributed by atoms with E-state index in [4.69, 9.17) is 4.43 Å². The summed E-state index contributed by atoms with van der Waals surface area (Å²) in [6, 6.07) is 42.7. The second-order valence-electron chi connectivity index (χ2n) is 7.77. The lowest BCUT2D eigenvalue weighted by atomic mass is 9.84. The van der Waals surface area contributed by atoms with Crippen LogP contribution in [0.25, 0.3) is 0 Å². The Morgan fingerprint density at radius 2 is 0.793 bits per heavy atom. The van der Waals surface area contributed by atoms with Gasteiger partial charge in [0, 0.05) is 0 Å². The summed E-state index contributed by atoms with van der Waals surface area (Å²) >= 11 is 0. The summed E-state index contributed by atoms with van der Waals surface area (Å²) in [4.78, 5) is 0. The van der Waals surface area contributed by atoms with E-state index in [9.17, 15) is 0 Å². The van der Waals surface area contributed by atoms with Crippen LogP contribution in [0.3, 0.4) is 0 Å². The molecule has 0 atom stereocenters. The highest BCUT2D eigenvalue weighted by Crippen LogP contribution is 2.46. The molecule has 0 saturated carbocycles. The summed E-state index contributed by atoms with van der Waals surface area (Å²) in [6.45, 7) is 4.65.